The highest BCUT2D eigenvalue weighted by molar-refractivity contribution is 8.18. The number of carbonyl (C=O) groups is 3. The molecule has 6 nitrogen and oxygen atoms in total. The van der Waals surface area contributed by atoms with E-state index in [-0.39, 0.29) is 30.1 Å². The topological polar surface area (TPSA) is 79.4 Å². The number of hydrogen-bond donors (Lipinski definition) is 1. The van der Waals surface area contributed by atoms with Crippen molar-refractivity contribution in [2.24, 2.45) is 0 Å². The molecule has 1 N–H and O–H groups in total. The zero-order valence-corrected chi connectivity index (χ0v) is 15.1. The van der Waals surface area contributed by atoms with Crippen LogP contribution in [0.25, 0.3) is 6.08 Å². The van der Waals surface area contributed by atoms with Crippen LogP contribution in [0.15, 0.2) is 53.7 Å². The molecule has 2 aromatic rings. The van der Waals surface area contributed by atoms with E-state index >= 15 is 0 Å². The average molecular weight is 388 g/mol. The zero-order chi connectivity index (χ0) is 18.5. The fourth-order valence-electron chi connectivity index (χ4n) is 2.28. The van der Waals surface area contributed by atoms with Crippen LogP contribution in [0, 0.1) is 0 Å². The number of halogens is 1. The number of aromatic nitrogens is 1. The predicted molar refractivity (Wildman–Crippen MR) is 101 cm³/mol. The summed E-state index contributed by atoms with van der Waals surface area (Å²) in [6.45, 7) is 0.272. The van der Waals surface area contributed by atoms with Crippen molar-refractivity contribution in [2.75, 3.05) is 13.1 Å². The van der Waals surface area contributed by atoms with Crippen molar-refractivity contribution < 1.29 is 14.4 Å². The normalized spacial score (nSPS) is 15.6. The van der Waals surface area contributed by atoms with E-state index in [2.05, 4.69) is 10.3 Å². The molecular weight excluding hydrogens is 374 g/mol. The number of pyridine rings is 1. The quantitative estimate of drug-likeness (QED) is 0.797. The number of nitrogens with one attached hydrogen (secondary N) is 1. The van der Waals surface area contributed by atoms with Crippen molar-refractivity contribution in [2.45, 2.75) is 0 Å². The van der Waals surface area contributed by atoms with Gasteiger partial charge in [0.2, 0.25) is 0 Å². The molecule has 0 atom stereocenters. The first-order valence-corrected chi connectivity index (χ1v) is 8.93. The van der Waals surface area contributed by atoms with Gasteiger partial charge in [-0.25, -0.2) is 0 Å². The van der Waals surface area contributed by atoms with Gasteiger partial charge in [0, 0.05) is 30.5 Å². The van der Waals surface area contributed by atoms with Gasteiger partial charge in [0.1, 0.15) is 0 Å². The van der Waals surface area contributed by atoms with Gasteiger partial charge in [0.25, 0.3) is 17.1 Å². The molecule has 1 aromatic carbocycles. The second-order valence-corrected chi connectivity index (χ2v) is 6.81. The largest absolute Gasteiger partial charge is 0.350 e. The molecule has 3 rings (SSSR count). The Bertz CT molecular complexity index is 869. The third kappa shape index (κ3) is 4.30. The lowest BCUT2D eigenvalue weighted by atomic mass is 10.2. The summed E-state index contributed by atoms with van der Waals surface area (Å²) in [4.78, 5) is 41.8. The van der Waals surface area contributed by atoms with Crippen LogP contribution >= 0.6 is 23.4 Å². The Kier molecular flexibility index (Phi) is 5.70. The van der Waals surface area contributed by atoms with Gasteiger partial charge in [-0.1, -0.05) is 23.7 Å². The summed E-state index contributed by atoms with van der Waals surface area (Å²) in [5, 5.41) is 2.91. The molecule has 0 saturated carbocycles. The van der Waals surface area contributed by atoms with Crippen molar-refractivity contribution in [3.63, 3.8) is 0 Å². The molecule has 26 heavy (non-hydrogen) atoms. The number of thioether (sulfide) groups is 1. The van der Waals surface area contributed by atoms with E-state index in [1.165, 1.54) is 6.20 Å². The molecule has 8 heteroatoms. The summed E-state index contributed by atoms with van der Waals surface area (Å²) in [6.07, 6.45) is 4.67. The van der Waals surface area contributed by atoms with E-state index in [9.17, 15) is 14.4 Å². The maximum absolute atomic E-state index is 12.4. The van der Waals surface area contributed by atoms with Gasteiger partial charge >= 0.3 is 0 Å². The van der Waals surface area contributed by atoms with Crippen LogP contribution in [0.4, 0.5) is 4.79 Å². The highest BCUT2D eigenvalue weighted by atomic mass is 35.5. The summed E-state index contributed by atoms with van der Waals surface area (Å²) in [6, 6.07) is 10.3. The van der Waals surface area contributed by atoms with Crippen LogP contribution in [0.1, 0.15) is 15.9 Å². The highest BCUT2D eigenvalue weighted by Crippen LogP contribution is 2.32. The Morgan fingerprint density at radius 1 is 1.23 bits per heavy atom. The molecule has 2 heterocycles. The van der Waals surface area contributed by atoms with Crippen LogP contribution in [-0.4, -0.2) is 40.0 Å². The third-order valence-electron chi connectivity index (χ3n) is 3.59. The van der Waals surface area contributed by atoms with Gasteiger partial charge < -0.3 is 5.32 Å². The first kappa shape index (κ1) is 18.2. The van der Waals surface area contributed by atoms with Crippen molar-refractivity contribution in [1.29, 1.82) is 0 Å². The number of imide groups is 1. The van der Waals surface area contributed by atoms with Gasteiger partial charge in [-0.05, 0) is 47.7 Å². The molecule has 0 aliphatic carbocycles. The minimum absolute atomic E-state index is 0.106. The molecule has 1 aromatic heterocycles. The predicted octanol–water partition coefficient (Wildman–Crippen LogP) is 3.20. The fourth-order valence-corrected chi connectivity index (χ4v) is 3.27. The Balaban J connectivity index is 1.59. The lowest BCUT2D eigenvalue weighted by Gasteiger charge is -2.12. The van der Waals surface area contributed by atoms with Gasteiger partial charge in [0.15, 0.2) is 0 Å². The fraction of sp³-hybridized carbons (Fsp3) is 0.111. The molecule has 0 unspecified atom stereocenters. The summed E-state index contributed by atoms with van der Waals surface area (Å²) in [7, 11) is 0. The lowest BCUT2D eigenvalue weighted by molar-refractivity contribution is -0.122. The maximum atomic E-state index is 12.4. The standard InChI is InChI=1S/C18H14ClN3O3S/c19-14-5-3-12(4-6-14)10-15-17(24)22(18(25)26-15)9-8-21-16(23)13-2-1-7-20-11-13/h1-7,10-11H,8-9H2,(H,21,23)/b15-10+. The Labute approximate surface area is 159 Å². The number of nitrogens with zero attached hydrogens (tertiary/aromatic N) is 2. The Hall–Kier alpha value is -2.64. The molecule has 0 radical (unpaired) electrons. The average Bonchev–Trinajstić information content (AvgIpc) is 2.91. The number of rotatable bonds is 5. The summed E-state index contributed by atoms with van der Waals surface area (Å²) < 4.78 is 0. The number of hydrogen-bond acceptors (Lipinski definition) is 5. The second-order valence-electron chi connectivity index (χ2n) is 5.38. The van der Waals surface area contributed by atoms with Crippen molar-refractivity contribution >= 4 is 46.5 Å². The van der Waals surface area contributed by atoms with Gasteiger partial charge in [-0.3, -0.25) is 24.3 Å². The van der Waals surface area contributed by atoms with Crippen LogP contribution < -0.4 is 5.32 Å². The molecule has 1 fully saturated rings. The Morgan fingerprint density at radius 2 is 2.00 bits per heavy atom. The van der Waals surface area contributed by atoms with E-state index in [1.807, 2.05) is 0 Å². The van der Waals surface area contributed by atoms with E-state index in [0.29, 0.717) is 15.5 Å². The minimum atomic E-state index is -0.370. The van der Waals surface area contributed by atoms with E-state index in [1.54, 1.807) is 48.7 Å². The van der Waals surface area contributed by atoms with Gasteiger partial charge in [-0.2, -0.15) is 0 Å². The van der Waals surface area contributed by atoms with Crippen LogP contribution in [0.5, 0.6) is 0 Å². The Morgan fingerprint density at radius 3 is 2.69 bits per heavy atom. The second kappa shape index (κ2) is 8.16. The molecule has 3 amide bonds. The monoisotopic (exact) mass is 387 g/mol. The summed E-state index contributed by atoms with van der Waals surface area (Å²) in [5.74, 6) is -0.674. The maximum Gasteiger partial charge on any atom is 0.293 e. The number of benzene rings is 1. The van der Waals surface area contributed by atoms with Crippen molar-refractivity contribution in [3.05, 3.63) is 69.8 Å². The molecule has 0 spiro atoms. The molecule has 0 bridgehead atoms. The first-order chi connectivity index (χ1) is 12.5. The smallest absolute Gasteiger partial charge is 0.293 e. The lowest BCUT2D eigenvalue weighted by Crippen LogP contribution is -2.37. The summed E-state index contributed by atoms with van der Waals surface area (Å²) >= 11 is 6.72. The molecule has 132 valence electrons. The molecule has 1 aliphatic heterocycles. The third-order valence-corrected chi connectivity index (χ3v) is 4.75. The SMILES string of the molecule is O=C(NCCN1C(=O)S/C(=C/c2ccc(Cl)cc2)C1=O)c1cccnc1. The van der Waals surface area contributed by atoms with Crippen LogP contribution in [0.3, 0.4) is 0 Å². The van der Waals surface area contributed by atoms with E-state index in [4.69, 9.17) is 11.6 Å². The number of amides is 3. The van der Waals surface area contributed by atoms with E-state index in [0.717, 1.165) is 22.2 Å². The minimum Gasteiger partial charge on any atom is -0.350 e. The summed E-state index contributed by atoms with van der Waals surface area (Å²) in [5.41, 5.74) is 1.20. The van der Waals surface area contributed by atoms with E-state index < -0.39 is 0 Å². The van der Waals surface area contributed by atoms with Gasteiger partial charge in [0.05, 0.1) is 10.5 Å². The highest BCUT2D eigenvalue weighted by Gasteiger charge is 2.34. The zero-order valence-electron chi connectivity index (χ0n) is 13.5. The molecule has 1 aliphatic rings. The van der Waals surface area contributed by atoms with Crippen LogP contribution in [0.2, 0.25) is 5.02 Å². The van der Waals surface area contributed by atoms with Crippen molar-refractivity contribution in [1.82, 2.24) is 15.2 Å². The van der Waals surface area contributed by atoms with Crippen LogP contribution in [-0.2, 0) is 4.79 Å². The van der Waals surface area contributed by atoms with Crippen molar-refractivity contribution in [3.8, 4) is 0 Å². The molecule has 1 saturated heterocycles. The molecular formula is C18H14ClN3O3S. The number of carbonyl (C=O) groups excluding carboxylic acids is 3. The first-order valence-electron chi connectivity index (χ1n) is 7.74. The van der Waals surface area contributed by atoms with Gasteiger partial charge in [-0.15, -0.1) is 0 Å².